The molecule has 0 amide bonds. The molecule has 1 nitrogen and oxygen atoms in total. The Kier molecular flexibility index (Phi) is 2.60. The lowest BCUT2D eigenvalue weighted by molar-refractivity contribution is 0.648. The highest BCUT2D eigenvalue weighted by Crippen LogP contribution is 2.31. The van der Waals surface area contributed by atoms with Crippen LogP contribution in [0.5, 0.6) is 0 Å². The smallest absolute Gasteiger partial charge is 0.0573 e. The Hall–Kier alpha value is -0.480. The molecular weight excluding hydrogens is 110 g/mol. The minimum Gasteiger partial charge on any atom is -0.306 e. The maximum Gasteiger partial charge on any atom is 0.0573 e. The van der Waals surface area contributed by atoms with Gasteiger partial charge in [-0.2, -0.15) is 0 Å². The molecule has 0 unspecified atom stereocenters. The molecule has 0 aromatic carbocycles. The Balaban J connectivity index is 1.77. The fourth-order valence-electron chi connectivity index (χ4n) is 0.873. The second-order valence-corrected chi connectivity index (χ2v) is 2.61. The first-order chi connectivity index (χ1) is 4.43. The molecule has 1 fully saturated rings. The van der Waals surface area contributed by atoms with E-state index in [0.717, 1.165) is 19.0 Å². The Morgan fingerprint density at radius 3 is 2.89 bits per heavy atom. The standard InChI is InChI=1S/C8H13N/c1-2-6-9-7-5-8-3-4-8/h1,8-9H,3-7H2. The largest absolute Gasteiger partial charge is 0.306 e. The zero-order valence-corrected chi connectivity index (χ0v) is 5.69. The van der Waals surface area contributed by atoms with E-state index in [-0.39, 0.29) is 0 Å². The van der Waals surface area contributed by atoms with Crippen LogP contribution >= 0.6 is 0 Å². The van der Waals surface area contributed by atoms with Crippen molar-refractivity contribution >= 4 is 0 Å². The van der Waals surface area contributed by atoms with Gasteiger partial charge in [-0.3, -0.25) is 0 Å². The molecule has 0 saturated heterocycles. The Morgan fingerprint density at radius 1 is 1.56 bits per heavy atom. The molecule has 9 heavy (non-hydrogen) atoms. The van der Waals surface area contributed by atoms with Crippen molar-refractivity contribution in [1.29, 1.82) is 0 Å². The van der Waals surface area contributed by atoms with Crippen LogP contribution in [0.3, 0.4) is 0 Å². The van der Waals surface area contributed by atoms with Crippen molar-refractivity contribution in [2.75, 3.05) is 13.1 Å². The predicted molar refractivity (Wildman–Crippen MR) is 39.0 cm³/mol. The van der Waals surface area contributed by atoms with Gasteiger partial charge in [0.2, 0.25) is 0 Å². The van der Waals surface area contributed by atoms with Gasteiger partial charge in [-0.05, 0) is 18.9 Å². The van der Waals surface area contributed by atoms with Gasteiger partial charge in [0.15, 0.2) is 0 Å². The van der Waals surface area contributed by atoms with E-state index in [1.165, 1.54) is 19.3 Å². The first-order valence-electron chi connectivity index (χ1n) is 3.57. The van der Waals surface area contributed by atoms with Crippen LogP contribution in [0.15, 0.2) is 0 Å². The van der Waals surface area contributed by atoms with Crippen LogP contribution in [0.25, 0.3) is 0 Å². The highest BCUT2D eigenvalue weighted by atomic mass is 14.8. The van der Waals surface area contributed by atoms with E-state index in [0.29, 0.717) is 0 Å². The molecule has 1 aliphatic carbocycles. The van der Waals surface area contributed by atoms with Gasteiger partial charge in [0, 0.05) is 0 Å². The molecule has 0 atom stereocenters. The van der Waals surface area contributed by atoms with Gasteiger partial charge in [-0.15, -0.1) is 6.42 Å². The summed E-state index contributed by atoms with van der Waals surface area (Å²) < 4.78 is 0. The van der Waals surface area contributed by atoms with E-state index in [1.54, 1.807) is 0 Å². The third-order valence-corrected chi connectivity index (χ3v) is 1.65. The molecular formula is C8H13N. The van der Waals surface area contributed by atoms with Gasteiger partial charge in [0.25, 0.3) is 0 Å². The van der Waals surface area contributed by atoms with Crippen LogP contribution in [0, 0.1) is 18.3 Å². The lowest BCUT2D eigenvalue weighted by Crippen LogP contribution is -2.15. The summed E-state index contributed by atoms with van der Waals surface area (Å²) in [4.78, 5) is 0. The summed E-state index contributed by atoms with van der Waals surface area (Å²) in [5, 5.41) is 3.17. The van der Waals surface area contributed by atoms with Crippen LogP contribution < -0.4 is 5.32 Å². The average Bonchev–Trinajstić information content (AvgIpc) is 2.63. The first-order valence-corrected chi connectivity index (χ1v) is 3.57. The highest BCUT2D eigenvalue weighted by Gasteiger charge is 2.19. The average molecular weight is 123 g/mol. The molecule has 0 radical (unpaired) electrons. The normalized spacial score (nSPS) is 17.2. The molecule has 1 heteroatoms. The van der Waals surface area contributed by atoms with Crippen molar-refractivity contribution < 1.29 is 0 Å². The van der Waals surface area contributed by atoms with Crippen molar-refractivity contribution in [2.24, 2.45) is 5.92 Å². The fraction of sp³-hybridized carbons (Fsp3) is 0.750. The topological polar surface area (TPSA) is 12.0 Å². The third-order valence-electron chi connectivity index (χ3n) is 1.65. The van der Waals surface area contributed by atoms with Crippen LogP contribution in [-0.4, -0.2) is 13.1 Å². The molecule has 1 rings (SSSR count). The van der Waals surface area contributed by atoms with Crippen LogP contribution in [0.1, 0.15) is 19.3 Å². The minimum atomic E-state index is 0.729. The van der Waals surface area contributed by atoms with Gasteiger partial charge < -0.3 is 5.32 Å². The van der Waals surface area contributed by atoms with Gasteiger partial charge in [-0.1, -0.05) is 18.8 Å². The lowest BCUT2D eigenvalue weighted by atomic mass is 10.3. The van der Waals surface area contributed by atoms with E-state index in [2.05, 4.69) is 11.2 Å². The molecule has 0 aliphatic heterocycles. The first kappa shape index (κ1) is 6.64. The SMILES string of the molecule is C#CCNCCC1CC1. The molecule has 1 N–H and O–H groups in total. The van der Waals surface area contributed by atoms with Crippen molar-refractivity contribution in [2.45, 2.75) is 19.3 Å². The van der Waals surface area contributed by atoms with E-state index in [1.807, 2.05) is 0 Å². The Bertz CT molecular complexity index is 108. The minimum absolute atomic E-state index is 0.729. The fourth-order valence-corrected chi connectivity index (χ4v) is 0.873. The maximum absolute atomic E-state index is 5.05. The molecule has 1 saturated carbocycles. The van der Waals surface area contributed by atoms with E-state index >= 15 is 0 Å². The van der Waals surface area contributed by atoms with E-state index in [9.17, 15) is 0 Å². The molecule has 0 aromatic rings. The third kappa shape index (κ3) is 3.16. The maximum atomic E-state index is 5.05. The van der Waals surface area contributed by atoms with Crippen LogP contribution in [-0.2, 0) is 0 Å². The van der Waals surface area contributed by atoms with Gasteiger partial charge in [0.1, 0.15) is 0 Å². The van der Waals surface area contributed by atoms with Gasteiger partial charge >= 0.3 is 0 Å². The monoisotopic (exact) mass is 123 g/mol. The van der Waals surface area contributed by atoms with E-state index < -0.39 is 0 Å². The van der Waals surface area contributed by atoms with Crippen molar-refractivity contribution in [3.63, 3.8) is 0 Å². The summed E-state index contributed by atoms with van der Waals surface area (Å²) in [5.74, 6) is 3.57. The van der Waals surface area contributed by atoms with Crippen LogP contribution in [0.2, 0.25) is 0 Å². The van der Waals surface area contributed by atoms with Gasteiger partial charge in [0.05, 0.1) is 6.54 Å². The Morgan fingerprint density at radius 2 is 2.33 bits per heavy atom. The number of terminal acetylenes is 1. The summed E-state index contributed by atoms with van der Waals surface area (Å²) >= 11 is 0. The number of hydrogen-bond acceptors (Lipinski definition) is 1. The molecule has 0 heterocycles. The second-order valence-electron chi connectivity index (χ2n) is 2.61. The van der Waals surface area contributed by atoms with Crippen molar-refractivity contribution in [3.05, 3.63) is 0 Å². The second kappa shape index (κ2) is 3.53. The zero-order chi connectivity index (χ0) is 6.53. The summed E-state index contributed by atoms with van der Waals surface area (Å²) in [7, 11) is 0. The lowest BCUT2D eigenvalue weighted by Gasteiger charge is -1.96. The number of hydrogen-bond donors (Lipinski definition) is 1. The number of rotatable bonds is 4. The molecule has 0 bridgehead atoms. The Labute approximate surface area is 56.8 Å². The van der Waals surface area contributed by atoms with Crippen molar-refractivity contribution in [1.82, 2.24) is 5.32 Å². The quantitative estimate of drug-likeness (QED) is 0.434. The molecule has 0 aromatic heterocycles. The van der Waals surface area contributed by atoms with Crippen LogP contribution in [0.4, 0.5) is 0 Å². The predicted octanol–water partition coefficient (Wildman–Crippen LogP) is 1.01. The van der Waals surface area contributed by atoms with Crippen molar-refractivity contribution in [3.8, 4) is 12.3 Å². The summed E-state index contributed by atoms with van der Waals surface area (Å²) in [5.41, 5.74) is 0. The molecule has 0 spiro atoms. The van der Waals surface area contributed by atoms with Gasteiger partial charge in [-0.25, -0.2) is 0 Å². The summed E-state index contributed by atoms with van der Waals surface area (Å²) in [6.07, 6.45) is 9.25. The molecule has 1 aliphatic rings. The number of nitrogens with one attached hydrogen (secondary N) is 1. The van der Waals surface area contributed by atoms with E-state index in [4.69, 9.17) is 6.42 Å². The zero-order valence-electron chi connectivity index (χ0n) is 5.69. The summed E-state index contributed by atoms with van der Waals surface area (Å²) in [6, 6.07) is 0. The molecule has 50 valence electrons. The highest BCUT2D eigenvalue weighted by molar-refractivity contribution is 4.86. The summed E-state index contributed by atoms with van der Waals surface area (Å²) in [6.45, 7) is 1.83.